The summed E-state index contributed by atoms with van der Waals surface area (Å²) in [5.74, 6) is 0.236. The molecule has 0 aliphatic heterocycles. The highest BCUT2D eigenvalue weighted by atomic mass is 32.2. The van der Waals surface area contributed by atoms with Crippen molar-refractivity contribution in [2.75, 3.05) is 0 Å². The predicted molar refractivity (Wildman–Crippen MR) is 154 cm³/mol. The molecular formula is C32H29FN4OS. The number of rotatable bonds is 9. The maximum atomic E-state index is 14.5. The number of halogens is 1. The Kier molecular flexibility index (Phi) is 8.18. The largest absolute Gasteiger partial charge is 0.342 e. The number of carbonyl (C=O) groups is 1. The molecule has 1 heterocycles. The number of aryl methyl sites for hydroxylation is 2. The molecular weight excluding hydrogens is 507 g/mol. The summed E-state index contributed by atoms with van der Waals surface area (Å²) in [5.41, 5.74) is 5.43. The monoisotopic (exact) mass is 536 g/mol. The van der Waals surface area contributed by atoms with Crippen molar-refractivity contribution in [2.24, 2.45) is 0 Å². The Morgan fingerprint density at radius 3 is 2.31 bits per heavy atom. The fourth-order valence-electron chi connectivity index (χ4n) is 4.42. The summed E-state index contributed by atoms with van der Waals surface area (Å²) in [6.07, 6.45) is 0.466. The van der Waals surface area contributed by atoms with E-state index in [0.29, 0.717) is 17.4 Å². The average Bonchev–Trinajstić information content (AvgIpc) is 3.37. The third kappa shape index (κ3) is 6.44. The molecule has 1 amide bonds. The zero-order valence-electron chi connectivity index (χ0n) is 21.8. The zero-order valence-corrected chi connectivity index (χ0v) is 22.7. The number of amides is 1. The lowest BCUT2D eigenvalue weighted by molar-refractivity contribution is 0.0930. The second-order valence-electron chi connectivity index (χ2n) is 9.49. The summed E-state index contributed by atoms with van der Waals surface area (Å²) in [6.45, 7) is 4.12. The molecule has 0 bridgehead atoms. The first-order valence-electron chi connectivity index (χ1n) is 12.8. The van der Waals surface area contributed by atoms with Crippen molar-refractivity contribution in [3.05, 3.63) is 143 Å². The summed E-state index contributed by atoms with van der Waals surface area (Å²) in [4.78, 5) is 13.3. The van der Waals surface area contributed by atoms with Crippen LogP contribution >= 0.6 is 11.8 Å². The molecule has 4 aromatic carbocycles. The molecule has 0 fully saturated rings. The van der Waals surface area contributed by atoms with Gasteiger partial charge in [0.2, 0.25) is 0 Å². The SMILES string of the molecule is Cc1ccc(-n2c(SCc3cccc(C)c3)nnc2C(Cc2ccccc2)NC(=O)c2ccccc2F)cc1. The molecule has 0 aliphatic rings. The standard InChI is InChI=1S/C32H29FN4OS/c1-22-15-17-26(18-16-22)37-30(35-36-32(37)39-21-25-12-8-9-23(2)19-25)29(20-24-10-4-3-5-11-24)34-31(38)27-13-6-7-14-28(27)33/h3-19,29H,20-21H2,1-2H3,(H,34,38). The molecule has 0 aliphatic carbocycles. The smallest absolute Gasteiger partial charge is 0.254 e. The van der Waals surface area contributed by atoms with Crippen LogP contribution < -0.4 is 5.32 Å². The number of hydrogen-bond acceptors (Lipinski definition) is 4. The van der Waals surface area contributed by atoms with Crippen LogP contribution in [0.1, 0.15) is 44.5 Å². The van der Waals surface area contributed by atoms with E-state index in [9.17, 15) is 9.18 Å². The quantitative estimate of drug-likeness (QED) is 0.206. The Hall–Kier alpha value is -4.23. The highest BCUT2D eigenvalue weighted by Gasteiger charge is 2.26. The molecule has 196 valence electrons. The molecule has 0 saturated heterocycles. The minimum atomic E-state index is -0.567. The van der Waals surface area contributed by atoms with Gasteiger partial charge in [-0.15, -0.1) is 10.2 Å². The second-order valence-corrected chi connectivity index (χ2v) is 10.4. The van der Waals surface area contributed by atoms with Crippen molar-refractivity contribution in [1.29, 1.82) is 0 Å². The summed E-state index contributed by atoms with van der Waals surface area (Å²) < 4.78 is 16.5. The van der Waals surface area contributed by atoms with Gasteiger partial charge in [-0.05, 0) is 55.7 Å². The highest BCUT2D eigenvalue weighted by Crippen LogP contribution is 2.29. The van der Waals surface area contributed by atoms with Crippen LogP contribution in [-0.2, 0) is 12.2 Å². The number of thioether (sulfide) groups is 1. The first-order valence-corrected chi connectivity index (χ1v) is 13.8. The first kappa shape index (κ1) is 26.4. The van der Waals surface area contributed by atoms with Gasteiger partial charge in [-0.2, -0.15) is 0 Å². The molecule has 1 N–H and O–H groups in total. The van der Waals surface area contributed by atoms with Gasteiger partial charge in [-0.25, -0.2) is 4.39 Å². The average molecular weight is 537 g/mol. The summed E-state index contributed by atoms with van der Waals surface area (Å²) in [5, 5.41) is 12.9. The van der Waals surface area contributed by atoms with E-state index in [1.54, 1.807) is 23.9 Å². The fourth-order valence-corrected chi connectivity index (χ4v) is 5.33. The van der Waals surface area contributed by atoms with Crippen molar-refractivity contribution in [2.45, 2.75) is 37.2 Å². The lowest BCUT2D eigenvalue weighted by atomic mass is 10.0. The molecule has 1 aromatic heterocycles. The van der Waals surface area contributed by atoms with Crippen LogP contribution in [0.4, 0.5) is 4.39 Å². The minimum Gasteiger partial charge on any atom is -0.342 e. The molecule has 1 atom stereocenters. The Labute approximate surface area is 232 Å². The highest BCUT2D eigenvalue weighted by molar-refractivity contribution is 7.98. The van der Waals surface area contributed by atoms with E-state index in [4.69, 9.17) is 0 Å². The van der Waals surface area contributed by atoms with Gasteiger partial charge in [0, 0.05) is 11.4 Å². The molecule has 5 nitrogen and oxygen atoms in total. The van der Waals surface area contributed by atoms with E-state index >= 15 is 0 Å². The lowest BCUT2D eigenvalue weighted by Gasteiger charge is -2.20. The predicted octanol–water partition coefficient (Wildman–Crippen LogP) is 7.03. The number of hydrogen-bond donors (Lipinski definition) is 1. The Bertz CT molecular complexity index is 1570. The van der Waals surface area contributed by atoms with Crippen LogP contribution in [0.5, 0.6) is 0 Å². The topological polar surface area (TPSA) is 59.8 Å². The number of nitrogens with zero attached hydrogens (tertiary/aromatic N) is 3. The molecule has 0 spiro atoms. The van der Waals surface area contributed by atoms with Gasteiger partial charge in [0.05, 0.1) is 11.6 Å². The minimum absolute atomic E-state index is 0.00833. The summed E-state index contributed by atoms with van der Waals surface area (Å²) in [6, 6.07) is 31.8. The molecule has 0 saturated carbocycles. The van der Waals surface area contributed by atoms with E-state index < -0.39 is 17.8 Å². The molecule has 5 rings (SSSR count). The van der Waals surface area contributed by atoms with Crippen molar-refractivity contribution >= 4 is 17.7 Å². The van der Waals surface area contributed by atoms with Crippen LogP contribution in [-0.4, -0.2) is 20.7 Å². The lowest BCUT2D eigenvalue weighted by Crippen LogP contribution is -2.32. The maximum Gasteiger partial charge on any atom is 0.254 e. The van der Waals surface area contributed by atoms with Crippen molar-refractivity contribution < 1.29 is 9.18 Å². The van der Waals surface area contributed by atoms with E-state index in [-0.39, 0.29) is 5.56 Å². The fraction of sp³-hybridized carbons (Fsp3) is 0.156. The number of carbonyl (C=O) groups excluding carboxylic acids is 1. The summed E-state index contributed by atoms with van der Waals surface area (Å²) >= 11 is 1.59. The van der Waals surface area contributed by atoms with Gasteiger partial charge in [-0.1, -0.05) is 102 Å². The number of aromatic nitrogens is 3. The van der Waals surface area contributed by atoms with Gasteiger partial charge in [0.15, 0.2) is 11.0 Å². The van der Waals surface area contributed by atoms with Crippen LogP contribution in [0.25, 0.3) is 5.69 Å². The zero-order chi connectivity index (χ0) is 27.2. The van der Waals surface area contributed by atoms with E-state index in [1.165, 1.54) is 23.3 Å². The van der Waals surface area contributed by atoms with Gasteiger partial charge in [0.1, 0.15) is 5.82 Å². The third-order valence-corrected chi connectivity index (χ3v) is 7.42. The normalized spacial score (nSPS) is 11.8. The number of nitrogens with one attached hydrogen (secondary N) is 1. The molecule has 5 aromatic rings. The van der Waals surface area contributed by atoms with Gasteiger partial charge < -0.3 is 5.32 Å². The van der Waals surface area contributed by atoms with Crippen molar-refractivity contribution in [1.82, 2.24) is 20.1 Å². The van der Waals surface area contributed by atoms with E-state index in [2.05, 4.69) is 46.7 Å². The van der Waals surface area contributed by atoms with E-state index in [1.807, 2.05) is 66.1 Å². The number of benzene rings is 4. The Morgan fingerprint density at radius 1 is 0.846 bits per heavy atom. The first-order chi connectivity index (χ1) is 19.0. The van der Waals surface area contributed by atoms with Gasteiger partial charge >= 0.3 is 0 Å². The van der Waals surface area contributed by atoms with Crippen molar-refractivity contribution in [3.63, 3.8) is 0 Å². The summed E-state index contributed by atoms with van der Waals surface area (Å²) in [7, 11) is 0. The Morgan fingerprint density at radius 2 is 1.56 bits per heavy atom. The molecule has 0 radical (unpaired) electrons. The van der Waals surface area contributed by atoms with E-state index in [0.717, 1.165) is 22.6 Å². The van der Waals surface area contributed by atoms with Crippen LogP contribution in [0.2, 0.25) is 0 Å². The van der Waals surface area contributed by atoms with Crippen LogP contribution in [0, 0.1) is 19.7 Å². The van der Waals surface area contributed by atoms with Crippen LogP contribution in [0.3, 0.4) is 0 Å². The Balaban J connectivity index is 1.55. The van der Waals surface area contributed by atoms with Crippen LogP contribution in [0.15, 0.2) is 108 Å². The van der Waals surface area contributed by atoms with Crippen molar-refractivity contribution in [3.8, 4) is 5.69 Å². The maximum absolute atomic E-state index is 14.5. The molecule has 7 heteroatoms. The molecule has 1 unspecified atom stereocenters. The second kappa shape index (κ2) is 12.1. The van der Waals surface area contributed by atoms with Gasteiger partial charge in [0.25, 0.3) is 5.91 Å². The third-order valence-electron chi connectivity index (χ3n) is 6.42. The molecule has 39 heavy (non-hydrogen) atoms. The van der Waals surface area contributed by atoms with Gasteiger partial charge in [-0.3, -0.25) is 9.36 Å².